The number of rotatable bonds is 5. The SMILES string of the molecule is C1CNCC(NCCCN2CCOCC2)C1. The van der Waals surface area contributed by atoms with Crippen molar-refractivity contribution in [2.24, 2.45) is 0 Å². The Morgan fingerprint density at radius 2 is 2.19 bits per heavy atom. The molecule has 2 rings (SSSR count). The van der Waals surface area contributed by atoms with E-state index in [1.165, 1.54) is 32.4 Å². The van der Waals surface area contributed by atoms with Crippen molar-refractivity contribution in [3.63, 3.8) is 0 Å². The van der Waals surface area contributed by atoms with Crippen molar-refractivity contribution in [1.29, 1.82) is 0 Å². The summed E-state index contributed by atoms with van der Waals surface area (Å²) in [5, 5.41) is 7.08. The third-order valence-corrected chi connectivity index (χ3v) is 3.48. The highest BCUT2D eigenvalue weighted by atomic mass is 16.5. The maximum atomic E-state index is 5.34. The second kappa shape index (κ2) is 7.22. The van der Waals surface area contributed by atoms with Gasteiger partial charge in [-0.05, 0) is 38.9 Å². The molecular weight excluding hydrogens is 202 g/mol. The molecule has 2 saturated heterocycles. The molecule has 4 nitrogen and oxygen atoms in total. The fourth-order valence-corrected chi connectivity index (χ4v) is 2.46. The van der Waals surface area contributed by atoms with Gasteiger partial charge in [0.2, 0.25) is 0 Å². The molecule has 0 spiro atoms. The Morgan fingerprint density at radius 1 is 1.31 bits per heavy atom. The standard InChI is InChI=1S/C12H25N3O/c1-3-12(11-13-4-1)14-5-2-6-15-7-9-16-10-8-15/h12-14H,1-11H2. The normalized spacial score (nSPS) is 28.1. The molecule has 0 aromatic carbocycles. The van der Waals surface area contributed by atoms with Crippen molar-refractivity contribution in [1.82, 2.24) is 15.5 Å². The average molecular weight is 227 g/mol. The van der Waals surface area contributed by atoms with Gasteiger partial charge in [0.25, 0.3) is 0 Å². The molecule has 2 fully saturated rings. The number of morpholine rings is 1. The zero-order valence-electron chi connectivity index (χ0n) is 10.2. The van der Waals surface area contributed by atoms with Crippen LogP contribution in [0.5, 0.6) is 0 Å². The van der Waals surface area contributed by atoms with Crippen LogP contribution in [-0.2, 0) is 4.74 Å². The first-order valence-corrected chi connectivity index (χ1v) is 6.69. The molecule has 2 aliphatic rings. The van der Waals surface area contributed by atoms with Crippen LogP contribution in [0.25, 0.3) is 0 Å². The minimum Gasteiger partial charge on any atom is -0.379 e. The zero-order chi connectivity index (χ0) is 11.1. The molecule has 1 unspecified atom stereocenters. The summed E-state index contributed by atoms with van der Waals surface area (Å²) in [6.07, 6.45) is 3.92. The number of nitrogens with zero attached hydrogens (tertiary/aromatic N) is 1. The lowest BCUT2D eigenvalue weighted by molar-refractivity contribution is 0.0373. The Balaban J connectivity index is 1.47. The van der Waals surface area contributed by atoms with Gasteiger partial charge in [-0.25, -0.2) is 0 Å². The van der Waals surface area contributed by atoms with Gasteiger partial charge in [0, 0.05) is 25.7 Å². The molecule has 16 heavy (non-hydrogen) atoms. The molecule has 2 heterocycles. The lowest BCUT2D eigenvalue weighted by Crippen LogP contribution is -2.44. The molecule has 2 N–H and O–H groups in total. The Bertz CT molecular complexity index is 157. The second-order valence-electron chi connectivity index (χ2n) is 4.80. The van der Waals surface area contributed by atoms with Gasteiger partial charge in [-0.3, -0.25) is 4.90 Å². The van der Waals surface area contributed by atoms with Crippen LogP contribution >= 0.6 is 0 Å². The summed E-state index contributed by atoms with van der Waals surface area (Å²) in [5.41, 5.74) is 0. The van der Waals surface area contributed by atoms with Crippen LogP contribution in [0.15, 0.2) is 0 Å². The Kier molecular flexibility index (Phi) is 5.55. The first-order chi connectivity index (χ1) is 7.95. The van der Waals surface area contributed by atoms with E-state index in [9.17, 15) is 0 Å². The van der Waals surface area contributed by atoms with Gasteiger partial charge in [-0.2, -0.15) is 0 Å². The van der Waals surface area contributed by atoms with Gasteiger partial charge in [-0.1, -0.05) is 0 Å². The van der Waals surface area contributed by atoms with Gasteiger partial charge in [-0.15, -0.1) is 0 Å². The summed E-state index contributed by atoms with van der Waals surface area (Å²) >= 11 is 0. The van der Waals surface area contributed by atoms with Gasteiger partial charge in [0.05, 0.1) is 13.2 Å². The highest BCUT2D eigenvalue weighted by Gasteiger charge is 2.12. The van der Waals surface area contributed by atoms with E-state index in [4.69, 9.17) is 4.74 Å². The number of ether oxygens (including phenoxy) is 1. The number of hydrogen-bond acceptors (Lipinski definition) is 4. The lowest BCUT2D eigenvalue weighted by atomic mass is 10.1. The Morgan fingerprint density at radius 3 is 2.94 bits per heavy atom. The minimum absolute atomic E-state index is 0.707. The van der Waals surface area contributed by atoms with E-state index in [2.05, 4.69) is 15.5 Å². The Hall–Kier alpha value is -0.160. The molecule has 1 atom stereocenters. The molecule has 0 amide bonds. The van der Waals surface area contributed by atoms with Gasteiger partial charge in [0.15, 0.2) is 0 Å². The summed E-state index contributed by atoms with van der Waals surface area (Å²) in [6, 6.07) is 0.707. The fourth-order valence-electron chi connectivity index (χ4n) is 2.46. The summed E-state index contributed by atoms with van der Waals surface area (Å²) in [5.74, 6) is 0. The quantitative estimate of drug-likeness (QED) is 0.651. The van der Waals surface area contributed by atoms with E-state index in [1.54, 1.807) is 0 Å². The van der Waals surface area contributed by atoms with Crippen LogP contribution in [0.4, 0.5) is 0 Å². The van der Waals surface area contributed by atoms with Gasteiger partial charge >= 0.3 is 0 Å². The van der Waals surface area contributed by atoms with Crippen molar-refractivity contribution in [3.05, 3.63) is 0 Å². The van der Waals surface area contributed by atoms with Crippen molar-refractivity contribution in [2.75, 3.05) is 52.5 Å². The molecule has 94 valence electrons. The summed E-state index contributed by atoms with van der Waals surface area (Å²) in [6.45, 7) is 8.79. The van der Waals surface area contributed by atoms with E-state index < -0.39 is 0 Å². The summed E-state index contributed by atoms with van der Waals surface area (Å²) < 4.78 is 5.34. The maximum absolute atomic E-state index is 5.34. The Labute approximate surface area is 98.7 Å². The molecule has 0 saturated carbocycles. The third kappa shape index (κ3) is 4.37. The summed E-state index contributed by atoms with van der Waals surface area (Å²) in [7, 11) is 0. The van der Waals surface area contributed by atoms with E-state index >= 15 is 0 Å². The largest absolute Gasteiger partial charge is 0.379 e. The number of piperidine rings is 1. The average Bonchev–Trinajstić information content (AvgIpc) is 2.37. The highest BCUT2D eigenvalue weighted by molar-refractivity contribution is 4.75. The van der Waals surface area contributed by atoms with Crippen LogP contribution < -0.4 is 10.6 Å². The lowest BCUT2D eigenvalue weighted by Gasteiger charge is -2.27. The molecule has 0 radical (unpaired) electrons. The first-order valence-electron chi connectivity index (χ1n) is 6.69. The van der Waals surface area contributed by atoms with E-state index in [1.807, 2.05) is 0 Å². The number of hydrogen-bond donors (Lipinski definition) is 2. The molecule has 2 aliphatic heterocycles. The van der Waals surface area contributed by atoms with E-state index in [0.717, 1.165) is 39.4 Å². The van der Waals surface area contributed by atoms with Crippen LogP contribution in [0, 0.1) is 0 Å². The summed E-state index contributed by atoms with van der Waals surface area (Å²) in [4.78, 5) is 2.50. The highest BCUT2D eigenvalue weighted by Crippen LogP contribution is 2.01. The predicted molar refractivity (Wildman–Crippen MR) is 65.8 cm³/mol. The molecular formula is C12H25N3O. The van der Waals surface area contributed by atoms with Crippen LogP contribution in [-0.4, -0.2) is 63.4 Å². The molecule has 4 heteroatoms. The van der Waals surface area contributed by atoms with Gasteiger partial charge in [0.1, 0.15) is 0 Å². The zero-order valence-corrected chi connectivity index (χ0v) is 10.2. The smallest absolute Gasteiger partial charge is 0.0594 e. The monoisotopic (exact) mass is 227 g/mol. The topological polar surface area (TPSA) is 36.5 Å². The molecule has 0 aliphatic carbocycles. The first kappa shape index (κ1) is 12.3. The van der Waals surface area contributed by atoms with Crippen molar-refractivity contribution >= 4 is 0 Å². The maximum Gasteiger partial charge on any atom is 0.0594 e. The third-order valence-electron chi connectivity index (χ3n) is 3.48. The van der Waals surface area contributed by atoms with Gasteiger partial charge < -0.3 is 15.4 Å². The van der Waals surface area contributed by atoms with Crippen molar-refractivity contribution < 1.29 is 4.74 Å². The molecule has 0 aromatic rings. The molecule has 0 aromatic heterocycles. The predicted octanol–water partition coefficient (Wildman–Crippen LogP) is 0.0503. The van der Waals surface area contributed by atoms with Crippen molar-refractivity contribution in [2.45, 2.75) is 25.3 Å². The minimum atomic E-state index is 0.707. The van der Waals surface area contributed by atoms with E-state index in [0.29, 0.717) is 6.04 Å². The molecule has 0 bridgehead atoms. The van der Waals surface area contributed by atoms with Crippen LogP contribution in [0.1, 0.15) is 19.3 Å². The number of nitrogens with one attached hydrogen (secondary N) is 2. The van der Waals surface area contributed by atoms with Crippen molar-refractivity contribution in [3.8, 4) is 0 Å². The van der Waals surface area contributed by atoms with Crippen LogP contribution in [0.3, 0.4) is 0 Å². The fraction of sp³-hybridized carbons (Fsp3) is 1.00. The van der Waals surface area contributed by atoms with Crippen LogP contribution in [0.2, 0.25) is 0 Å². The van der Waals surface area contributed by atoms with E-state index in [-0.39, 0.29) is 0 Å². The second-order valence-corrected chi connectivity index (χ2v) is 4.80.